The molecule has 0 saturated carbocycles. The number of carbonyl (C=O) groups is 1. The quantitative estimate of drug-likeness (QED) is 0.777. The Hall–Kier alpha value is -2.38. The fourth-order valence-corrected chi connectivity index (χ4v) is 4.92. The van der Waals surface area contributed by atoms with Crippen molar-refractivity contribution in [1.29, 1.82) is 0 Å². The molecule has 0 spiro atoms. The van der Waals surface area contributed by atoms with Gasteiger partial charge in [-0.2, -0.15) is 4.31 Å². The number of benzene rings is 2. The highest BCUT2D eigenvalue weighted by Gasteiger charge is 2.33. The summed E-state index contributed by atoms with van der Waals surface area (Å²) in [4.78, 5) is 13.1. The molecule has 6 nitrogen and oxygen atoms in total. The van der Waals surface area contributed by atoms with E-state index in [0.717, 1.165) is 5.56 Å². The Kier molecular flexibility index (Phi) is 6.59. The van der Waals surface area contributed by atoms with E-state index < -0.39 is 15.9 Å². The van der Waals surface area contributed by atoms with Gasteiger partial charge in [0, 0.05) is 13.1 Å². The lowest BCUT2D eigenvalue weighted by atomic mass is 9.98. The molecule has 3 rings (SSSR count). The highest BCUT2D eigenvalue weighted by molar-refractivity contribution is 7.89. The van der Waals surface area contributed by atoms with E-state index in [2.05, 4.69) is 5.32 Å². The molecule has 1 unspecified atom stereocenters. The number of sulfonamides is 1. The lowest BCUT2D eigenvalue weighted by molar-refractivity contribution is -0.120. The Labute approximate surface area is 172 Å². The summed E-state index contributed by atoms with van der Waals surface area (Å²) in [5.74, 6) is 0.0143. The van der Waals surface area contributed by atoms with E-state index in [1.54, 1.807) is 30.3 Å². The molecule has 7 heteroatoms. The zero-order chi connectivity index (χ0) is 21.0. The third kappa shape index (κ3) is 5.16. The van der Waals surface area contributed by atoms with Crippen LogP contribution in [0.5, 0.6) is 5.75 Å². The molecule has 1 aliphatic rings. The van der Waals surface area contributed by atoms with Gasteiger partial charge in [0.2, 0.25) is 15.9 Å². The first kappa shape index (κ1) is 21.3. The molecular weight excluding hydrogens is 388 g/mol. The summed E-state index contributed by atoms with van der Waals surface area (Å²) in [5, 5.41) is 2.92. The molecule has 1 fully saturated rings. The first-order valence-corrected chi connectivity index (χ1v) is 11.3. The molecule has 1 N–H and O–H groups in total. The minimum absolute atomic E-state index is 0.0159. The van der Waals surface area contributed by atoms with Crippen LogP contribution in [0.4, 0.5) is 5.69 Å². The highest BCUT2D eigenvalue weighted by atomic mass is 32.2. The van der Waals surface area contributed by atoms with Crippen LogP contribution in [0.3, 0.4) is 0 Å². The molecule has 2 aromatic carbocycles. The van der Waals surface area contributed by atoms with Gasteiger partial charge in [-0.25, -0.2) is 8.42 Å². The number of para-hydroxylation sites is 2. The topological polar surface area (TPSA) is 75.7 Å². The molecule has 156 valence electrons. The summed E-state index contributed by atoms with van der Waals surface area (Å²) >= 11 is 0. The van der Waals surface area contributed by atoms with Crippen LogP contribution >= 0.6 is 0 Å². The van der Waals surface area contributed by atoms with Crippen molar-refractivity contribution < 1.29 is 17.9 Å². The van der Waals surface area contributed by atoms with Gasteiger partial charge in [-0.1, -0.05) is 29.8 Å². The van der Waals surface area contributed by atoms with Gasteiger partial charge in [0.05, 0.1) is 22.6 Å². The number of rotatable bonds is 6. The first-order chi connectivity index (χ1) is 13.8. The van der Waals surface area contributed by atoms with Crippen molar-refractivity contribution in [1.82, 2.24) is 4.31 Å². The number of hydrogen-bond donors (Lipinski definition) is 1. The molecule has 1 atom stereocenters. The highest BCUT2D eigenvalue weighted by Crippen LogP contribution is 2.28. The van der Waals surface area contributed by atoms with E-state index in [0.29, 0.717) is 30.8 Å². The number of hydrogen-bond acceptors (Lipinski definition) is 4. The second-order valence-electron chi connectivity index (χ2n) is 7.67. The molecule has 29 heavy (non-hydrogen) atoms. The number of nitrogens with zero attached hydrogens (tertiary/aromatic N) is 1. The van der Waals surface area contributed by atoms with E-state index in [9.17, 15) is 13.2 Å². The molecule has 1 amide bonds. The Morgan fingerprint density at radius 1 is 1.14 bits per heavy atom. The molecule has 0 aliphatic carbocycles. The van der Waals surface area contributed by atoms with Crippen LogP contribution in [0, 0.1) is 12.8 Å². The number of amides is 1. The zero-order valence-electron chi connectivity index (χ0n) is 17.1. The predicted molar refractivity (Wildman–Crippen MR) is 113 cm³/mol. The molecule has 0 bridgehead atoms. The van der Waals surface area contributed by atoms with Crippen LogP contribution in [0.25, 0.3) is 0 Å². The Morgan fingerprint density at radius 3 is 2.52 bits per heavy atom. The second kappa shape index (κ2) is 8.97. The SMILES string of the molecule is Cc1ccc(S(=O)(=O)N2CCCC(C(=O)Nc3ccccc3OC(C)C)C2)cc1. The second-order valence-corrected chi connectivity index (χ2v) is 9.61. The van der Waals surface area contributed by atoms with E-state index in [1.807, 2.05) is 39.0 Å². The summed E-state index contributed by atoms with van der Waals surface area (Å²) in [6.45, 7) is 6.36. The predicted octanol–water partition coefficient (Wildman–Crippen LogP) is 3.82. The molecule has 0 aromatic heterocycles. The lowest BCUT2D eigenvalue weighted by Gasteiger charge is -2.31. The van der Waals surface area contributed by atoms with Crippen LogP contribution in [-0.4, -0.2) is 37.8 Å². The largest absolute Gasteiger partial charge is 0.489 e. The molecule has 0 radical (unpaired) electrons. The Balaban J connectivity index is 1.72. The van der Waals surface area contributed by atoms with Crippen LogP contribution in [0.1, 0.15) is 32.3 Å². The van der Waals surface area contributed by atoms with Gasteiger partial charge in [-0.3, -0.25) is 4.79 Å². The van der Waals surface area contributed by atoms with Crippen molar-refractivity contribution in [3.63, 3.8) is 0 Å². The average Bonchev–Trinajstić information content (AvgIpc) is 2.69. The number of piperidine rings is 1. The van der Waals surface area contributed by atoms with Gasteiger partial charge >= 0.3 is 0 Å². The summed E-state index contributed by atoms with van der Waals surface area (Å²) < 4.78 is 33.1. The number of aryl methyl sites for hydroxylation is 1. The van der Waals surface area contributed by atoms with E-state index in [1.165, 1.54) is 4.31 Å². The average molecular weight is 417 g/mol. The zero-order valence-corrected chi connectivity index (χ0v) is 17.9. The number of anilines is 1. The van der Waals surface area contributed by atoms with Crippen molar-refractivity contribution in [3.8, 4) is 5.75 Å². The third-order valence-corrected chi connectivity index (χ3v) is 6.80. The van der Waals surface area contributed by atoms with Crippen molar-refractivity contribution in [2.45, 2.75) is 44.6 Å². The fourth-order valence-electron chi connectivity index (χ4n) is 3.40. The van der Waals surface area contributed by atoms with Gasteiger partial charge in [-0.05, 0) is 57.9 Å². The molecule has 2 aromatic rings. The maximum absolute atomic E-state index is 13.0. The summed E-state index contributed by atoms with van der Waals surface area (Å²) in [6.07, 6.45) is 1.28. The maximum atomic E-state index is 13.0. The molecule has 1 saturated heterocycles. The minimum atomic E-state index is -3.61. The number of nitrogens with one attached hydrogen (secondary N) is 1. The maximum Gasteiger partial charge on any atom is 0.243 e. The molecule has 1 aliphatic heterocycles. The van der Waals surface area contributed by atoms with Gasteiger partial charge in [0.25, 0.3) is 0 Å². The van der Waals surface area contributed by atoms with Crippen molar-refractivity contribution >= 4 is 21.6 Å². The minimum Gasteiger partial charge on any atom is -0.489 e. The Bertz CT molecular complexity index is 955. The molecule has 1 heterocycles. The van der Waals surface area contributed by atoms with Gasteiger partial charge in [0.15, 0.2) is 0 Å². The van der Waals surface area contributed by atoms with Crippen LogP contribution in [-0.2, 0) is 14.8 Å². The third-order valence-electron chi connectivity index (χ3n) is 4.92. The van der Waals surface area contributed by atoms with Gasteiger partial charge in [-0.15, -0.1) is 0 Å². The van der Waals surface area contributed by atoms with Gasteiger partial charge in [0.1, 0.15) is 5.75 Å². The van der Waals surface area contributed by atoms with Gasteiger partial charge < -0.3 is 10.1 Å². The smallest absolute Gasteiger partial charge is 0.243 e. The van der Waals surface area contributed by atoms with E-state index in [-0.39, 0.29) is 23.5 Å². The summed E-state index contributed by atoms with van der Waals surface area (Å²) in [7, 11) is -3.61. The van der Waals surface area contributed by atoms with Crippen molar-refractivity contribution in [2.75, 3.05) is 18.4 Å². The monoisotopic (exact) mass is 416 g/mol. The van der Waals surface area contributed by atoms with Crippen LogP contribution in [0.2, 0.25) is 0 Å². The summed E-state index contributed by atoms with van der Waals surface area (Å²) in [5.41, 5.74) is 1.60. The molecular formula is C22H28N2O4S. The fraction of sp³-hybridized carbons (Fsp3) is 0.409. The van der Waals surface area contributed by atoms with Crippen molar-refractivity contribution in [2.24, 2.45) is 5.92 Å². The van der Waals surface area contributed by atoms with Crippen LogP contribution < -0.4 is 10.1 Å². The van der Waals surface area contributed by atoms with E-state index in [4.69, 9.17) is 4.74 Å². The lowest BCUT2D eigenvalue weighted by Crippen LogP contribution is -2.43. The first-order valence-electron chi connectivity index (χ1n) is 9.91. The van der Waals surface area contributed by atoms with Crippen molar-refractivity contribution in [3.05, 3.63) is 54.1 Å². The summed E-state index contributed by atoms with van der Waals surface area (Å²) in [6, 6.07) is 14.1. The van der Waals surface area contributed by atoms with E-state index >= 15 is 0 Å². The normalized spacial score (nSPS) is 17.9. The number of ether oxygens (including phenoxy) is 1. The Morgan fingerprint density at radius 2 is 1.83 bits per heavy atom. The number of carbonyl (C=O) groups excluding carboxylic acids is 1. The van der Waals surface area contributed by atoms with Crippen LogP contribution in [0.15, 0.2) is 53.4 Å². The standard InChI is InChI=1S/C22H28N2O4S/c1-16(2)28-21-9-5-4-8-20(21)23-22(25)18-7-6-14-24(15-18)29(26,27)19-12-10-17(3)11-13-19/h4-5,8-13,16,18H,6-7,14-15H2,1-3H3,(H,23,25).